The Balaban J connectivity index is 2.12. The summed E-state index contributed by atoms with van der Waals surface area (Å²) in [6.07, 6.45) is -4.29. The van der Waals surface area contributed by atoms with Gasteiger partial charge >= 0.3 is 6.18 Å². The van der Waals surface area contributed by atoms with Crippen LogP contribution in [0.5, 0.6) is 0 Å². The standard InChI is InChI=1S/C15H9F3S/c16-15(17,18)12-6-7-13-11(8-12)9-14(19-13)10-4-2-1-3-5-10/h1-9H. The summed E-state index contributed by atoms with van der Waals surface area (Å²) in [6, 6.07) is 15.3. The zero-order chi connectivity index (χ0) is 13.5. The molecule has 0 bridgehead atoms. The van der Waals surface area contributed by atoms with Crippen molar-refractivity contribution >= 4 is 21.4 Å². The van der Waals surface area contributed by atoms with Crippen LogP contribution < -0.4 is 0 Å². The maximum absolute atomic E-state index is 12.6. The molecule has 1 aromatic heterocycles. The Hall–Kier alpha value is -1.81. The van der Waals surface area contributed by atoms with Crippen LogP contribution in [0.3, 0.4) is 0 Å². The first-order valence-electron chi connectivity index (χ1n) is 5.70. The highest BCUT2D eigenvalue weighted by molar-refractivity contribution is 7.22. The van der Waals surface area contributed by atoms with Gasteiger partial charge in [0.25, 0.3) is 0 Å². The van der Waals surface area contributed by atoms with Crippen LogP contribution in [-0.4, -0.2) is 0 Å². The largest absolute Gasteiger partial charge is 0.416 e. The second-order valence-corrected chi connectivity index (χ2v) is 5.31. The Morgan fingerprint density at radius 3 is 2.26 bits per heavy atom. The molecule has 0 unspecified atom stereocenters. The van der Waals surface area contributed by atoms with E-state index in [1.807, 2.05) is 36.4 Å². The molecule has 0 aliphatic heterocycles. The van der Waals surface area contributed by atoms with Crippen molar-refractivity contribution in [1.82, 2.24) is 0 Å². The molecule has 0 atom stereocenters. The van der Waals surface area contributed by atoms with Crippen molar-refractivity contribution in [3.05, 3.63) is 60.2 Å². The van der Waals surface area contributed by atoms with Crippen LogP contribution in [0, 0.1) is 0 Å². The quantitative estimate of drug-likeness (QED) is 0.544. The highest BCUT2D eigenvalue weighted by Gasteiger charge is 2.30. The summed E-state index contributed by atoms with van der Waals surface area (Å²) in [4.78, 5) is 0.981. The Morgan fingerprint density at radius 2 is 1.58 bits per heavy atom. The van der Waals surface area contributed by atoms with Gasteiger partial charge in [0.1, 0.15) is 0 Å². The van der Waals surface area contributed by atoms with E-state index in [0.717, 1.165) is 21.2 Å². The highest BCUT2D eigenvalue weighted by atomic mass is 32.1. The molecule has 0 N–H and O–H groups in total. The van der Waals surface area contributed by atoms with Crippen LogP contribution in [0.25, 0.3) is 20.5 Å². The van der Waals surface area contributed by atoms with E-state index in [1.54, 1.807) is 0 Å². The van der Waals surface area contributed by atoms with Gasteiger partial charge in [0, 0.05) is 9.58 Å². The SMILES string of the molecule is FC(F)(F)c1ccc2sc(-c3ccccc3)cc2c1. The van der Waals surface area contributed by atoms with Gasteiger partial charge in [0.15, 0.2) is 0 Å². The van der Waals surface area contributed by atoms with Crippen molar-refractivity contribution in [2.75, 3.05) is 0 Å². The second-order valence-electron chi connectivity index (χ2n) is 4.23. The van der Waals surface area contributed by atoms with E-state index in [0.29, 0.717) is 5.39 Å². The Morgan fingerprint density at radius 1 is 0.842 bits per heavy atom. The van der Waals surface area contributed by atoms with Gasteiger partial charge in [-0.05, 0) is 35.2 Å². The number of halogens is 3. The maximum Gasteiger partial charge on any atom is 0.416 e. The number of hydrogen-bond acceptors (Lipinski definition) is 1. The third kappa shape index (κ3) is 2.36. The Labute approximate surface area is 112 Å². The van der Waals surface area contributed by atoms with Gasteiger partial charge < -0.3 is 0 Å². The minimum atomic E-state index is -4.29. The fourth-order valence-electron chi connectivity index (χ4n) is 1.96. The summed E-state index contributed by atoms with van der Waals surface area (Å²) in [7, 11) is 0. The number of thiophene rings is 1. The molecule has 0 nitrogen and oxygen atoms in total. The van der Waals surface area contributed by atoms with Gasteiger partial charge in [-0.15, -0.1) is 11.3 Å². The molecule has 4 heteroatoms. The van der Waals surface area contributed by atoms with Crippen molar-refractivity contribution in [2.45, 2.75) is 6.18 Å². The van der Waals surface area contributed by atoms with Crippen LogP contribution in [0.15, 0.2) is 54.6 Å². The second kappa shape index (κ2) is 4.38. The average Bonchev–Trinajstić information content (AvgIpc) is 2.81. The molecule has 0 radical (unpaired) electrons. The van der Waals surface area contributed by atoms with Gasteiger partial charge in [-0.25, -0.2) is 0 Å². The zero-order valence-corrected chi connectivity index (χ0v) is 10.6. The molecule has 0 spiro atoms. The van der Waals surface area contributed by atoms with Gasteiger partial charge in [-0.1, -0.05) is 30.3 Å². The fourth-order valence-corrected chi connectivity index (χ4v) is 3.01. The van der Waals surface area contributed by atoms with E-state index >= 15 is 0 Å². The number of benzene rings is 2. The summed E-state index contributed by atoms with van der Waals surface area (Å²) >= 11 is 1.50. The first kappa shape index (κ1) is 12.2. The zero-order valence-electron chi connectivity index (χ0n) is 9.74. The molecule has 0 saturated heterocycles. The van der Waals surface area contributed by atoms with Crippen molar-refractivity contribution in [3.8, 4) is 10.4 Å². The lowest BCUT2D eigenvalue weighted by molar-refractivity contribution is -0.137. The number of hydrogen-bond donors (Lipinski definition) is 0. The van der Waals surface area contributed by atoms with Crippen LogP contribution in [0.1, 0.15) is 5.56 Å². The third-order valence-electron chi connectivity index (χ3n) is 2.90. The topological polar surface area (TPSA) is 0 Å². The Bertz CT molecular complexity index is 711. The predicted molar refractivity (Wildman–Crippen MR) is 72.3 cm³/mol. The number of alkyl halides is 3. The normalized spacial score (nSPS) is 11.9. The minimum Gasteiger partial charge on any atom is -0.166 e. The molecule has 0 aliphatic carbocycles. The Kier molecular flexibility index (Phi) is 2.82. The van der Waals surface area contributed by atoms with E-state index < -0.39 is 11.7 Å². The summed E-state index contributed by atoms with van der Waals surface area (Å²) in [6.45, 7) is 0. The smallest absolute Gasteiger partial charge is 0.166 e. The summed E-state index contributed by atoms with van der Waals surface area (Å²) in [5.41, 5.74) is 0.426. The van der Waals surface area contributed by atoms with Crippen LogP contribution in [-0.2, 0) is 6.18 Å². The monoisotopic (exact) mass is 278 g/mol. The lowest BCUT2D eigenvalue weighted by atomic mass is 10.1. The van der Waals surface area contributed by atoms with Crippen LogP contribution in [0.4, 0.5) is 13.2 Å². The molecule has 1 heterocycles. The third-order valence-corrected chi connectivity index (χ3v) is 4.07. The van der Waals surface area contributed by atoms with E-state index in [9.17, 15) is 13.2 Å². The van der Waals surface area contributed by atoms with Crippen molar-refractivity contribution in [1.29, 1.82) is 0 Å². The van der Waals surface area contributed by atoms with Gasteiger partial charge in [0.2, 0.25) is 0 Å². The molecule has 0 saturated carbocycles. The average molecular weight is 278 g/mol. The first-order valence-corrected chi connectivity index (χ1v) is 6.52. The molecule has 3 rings (SSSR count). The van der Waals surface area contributed by atoms with Gasteiger partial charge in [0.05, 0.1) is 5.56 Å². The van der Waals surface area contributed by atoms with Crippen LogP contribution in [0.2, 0.25) is 0 Å². The minimum absolute atomic E-state index is 0.600. The fraction of sp³-hybridized carbons (Fsp3) is 0.0667. The molecule has 3 aromatic rings. The molecule has 19 heavy (non-hydrogen) atoms. The lowest BCUT2D eigenvalue weighted by Crippen LogP contribution is -2.03. The summed E-state index contributed by atoms with van der Waals surface area (Å²) in [5, 5.41) is 0.638. The number of rotatable bonds is 1. The van der Waals surface area contributed by atoms with E-state index in [1.165, 1.54) is 23.5 Å². The molecule has 0 aliphatic rings. The van der Waals surface area contributed by atoms with Crippen molar-refractivity contribution in [2.24, 2.45) is 0 Å². The van der Waals surface area contributed by atoms with E-state index in [2.05, 4.69) is 0 Å². The number of fused-ring (bicyclic) bond motifs is 1. The summed E-state index contributed by atoms with van der Waals surface area (Å²) in [5.74, 6) is 0. The predicted octanol–water partition coefficient (Wildman–Crippen LogP) is 5.59. The molecular formula is C15H9F3S. The van der Waals surface area contributed by atoms with Gasteiger partial charge in [-0.3, -0.25) is 0 Å². The van der Waals surface area contributed by atoms with Gasteiger partial charge in [-0.2, -0.15) is 13.2 Å². The van der Waals surface area contributed by atoms with Crippen LogP contribution >= 0.6 is 11.3 Å². The maximum atomic E-state index is 12.6. The molecule has 0 amide bonds. The molecule has 0 fully saturated rings. The van der Waals surface area contributed by atoms with E-state index in [4.69, 9.17) is 0 Å². The van der Waals surface area contributed by atoms with Crippen molar-refractivity contribution < 1.29 is 13.2 Å². The summed E-state index contributed by atoms with van der Waals surface area (Å²) < 4.78 is 38.8. The lowest BCUT2D eigenvalue weighted by Gasteiger charge is -2.05. The molecule has 2 aromatic carbocycles. The molecular weight excluding hydrogens is 269 g/mol. The molecule has 96 valence electrons. The van der Waals surface area contributed by atoms with Crippen molar-refractivity contribution in [3.63, 3.8) is 0 Å². The first-order chi connectivity index (χ1) is 9.04. The van der Waals surface area contributed by atoms with E-state index in [-0.39, 0.29) is 0 Å². The highest BCUT2D eigenvalue weighted by Crippen LogP contribution is 2.37.